The van der Waals surface area contributed by atoms with Crippen LogP contribution in [0.3, 0.4) is 0 Å². The molecule has 2 N–H and O–H groups in total. The Morgan fingerprint density at radius 3 is 2.66 bits per heavy atom. The fraction of sp³-hybridized carbons (Fsp3) is 0.560. The van der Waals surface area contributed by atoms with Gasteiger partial charge in [-0.2, -0.15) is 4.90 Å². The molecule has 0 unspecified atom stereocenters. The maximum absolute atomic E-state index is 13.2. The number of hydrogen-bond acceptors (Lipinski definition) is 8. The highest BCUT2D eigenvalue weighted by Gasteiger charge is 2.58. The monoisotopic (exact) mass is 485 g/mol. The second kappa shape index (κ2) is 10.5. The van der Waals surface area contributed by atoms with Crippen LogP contribution in [0, 0.1) is 17.8 Å². The molecule has 9 nitrogen and oxygen atoms in total. The molecule has 4 atom stereocenters. The summed E-state index contributed by atoms with van der Waals surface area (Å²) in [6.07, 6.45) is 3.97. The number of furan rings is 1. The van der Waals surface area contributed by atoms with E-state index in [4.69, 9.17) is 9.07 Å². The predicted molar refractivity (Wildman–Crippen MR) is 126 cm³/mol. The van der Waals surface area contributed by atoms with Gasteiger partial charge in [0.2, 0.25) is 11.8 Å². The van der Waals surface area contributed by atoms with Crippen molar-refractivity contribution in [3.63, 3.8) is 0 Å². The molecular weight excluding hydrogens is 453 g/mol. The average Bonchev–Trinajstić information content (AvgIpc) is 3.41. The third-order valence-corrected chi connectivity index (χ3v) is 7.46. The second-order valence-corrected chi connectivity index (χ2v) is 9.31. The van der Waals surface area contributed by atoms with E-state index in [-0.39, 0.29) is 18.8 Å². The number of rotatable bonds is 7. The van der Waals surface area contributed by atoms with E-state index in [1.165, 1.54) is 0 Å². The van der Waals surface area contributed by atoms with Crippen LogP contribution in [0.2, 0.25) is 6.32 Å². The average molecular weight is 485 g/mol. The van der Waals surface area contributed by atoms with Crippen LogP contribution in [0.5, 0.6) is 0 Å². The van der Waals surface area contributed by atoms with Gasteiger partial charge in [-0.15, -0.1) is 0 Å². The van der Waals surface area contributed by atoms with Crippen LogP contribution in [0.1, 0.15) is 57.5 Å². The van der Waals surface area contributed by atoms with E-state index in [9.17, 15) is 24.5 Å². The van der Waals surface area contributed by atoms with E-state index in [0.29, 0.717) is 42.1 Å². The second-order valence-electron chi connectivity index (χ2n) is 9.31. The molecule has 3 aliphatic rings. The van der Waals surface area contributed by atoms with Crippen LogP contribution in [-0.2, 0) is 25.6 Å². The van der Waals surface area contributed by atoms with Crippen molar-refractivity contribution in [1.29, 1.82) is 0 Å². The van der Waals surface area contributed by atoms with Crippen molar-refractivity contribution >= 4 is 31.1 Å². The van der Waals surface area contributed by atoms with Crippen LogP contribution in [0.25, 0.3) is 6.08 Å². The first-order valence-electron chi connectivity index (χ1n) is 12.2. The number of methoxy groups -OCH3 is 1. The van der Waals surface area contributed by atoms with E-state index < -0.39 is 43.0 Å². The highest BCUT2D eigenvalue weighted by molar-refractivity contribution is 6.43. The van der Waals surface area contributed by atoms with E-state index >= 15 is 0 Å². The third kappa shape index (κ3) is 4.74. The van der Waals surface area contributed by atoms with Crippen molar-refractivity contribution in [2.45, 2.75) is 65.0 Å². The smallest absolute Gasteiger partial charge is 0.455 e. The minimum absolute atomic E-state index is 0.158. The third-order valence-electron chi connectivity index (χ3n) is 7.46. The number of aliphatic hydroxyl groups is 1. The van der Waals surface area contributed by atoms with Crippen LogP contribution in [0.15, 0.2) is 33.3 Å². The molecule has 0 spiro atoms. The summed E-state index contributed by atoms with van der Waals surface area (Å²) in [6, 6.07) is 3.55. The minimum atomic E-state index is -1.06. The van der Waals surface area contributed by atoms with Gasteiger partial charge in [0, 0.05) is 0 Å². The number of carbonyl (C=O) groups is 3. The Hall–Kier alpha value is -2.69. The molecule has 1 aliphatic carbocycles. The topological polar surface area (TPSA) is 127 Å². The summed E-state index contributed by atoms with van der Waals surface area (Å²) < 4.78 is 16.2. The van der Waals surface area contributed by atoms with Gasteiger partial charge in [0.1, 0.15) is 18.1 Å². The lowest BCUT2D eigenvalue weighted by Crippen LogP contribution is -2.46. The molecule has 3 amide bonds. The molecular formula is C25H32BNO8. The number of hydrogen-bond donors (Lipinski definition) is 2. The molecule has 2 saturated heterocycles. The minimum Gasteiger partial charge on any atom is -0.459 e. The molecule has 4 rings (SSSR count). The van der Waals surface area contributed by atoms with Crippen molar-refractivity contribution in [2.75, 3.05) is 7.11 Å². The maximum Gasteiger partial charge on any atom is 0.455 e. The Kier molecular flexibility index (Phi) is 7.63. The number of fused-ring (bicyclic) bond motifs is 3. The zero-order valence-corrected chi connectivity index (χ0v) is 20.4. The molecule has 188 valence electrons. The summed E-state index contributed by atoms with van der Waals surface area (Å²) in [7, 11) is 0.0822. The number of allylic oxidation sites excluding steroid dienone is 2. The number of imide groups is 3. The summed E-state index contributed by atoms with van der Waals surface area (Å²) in [4.78, 5) is 38.9. The summed E-state index contributed by atoms with van der Waals surface area (Å²) in [6.45, 7) is 3.90. The lowest BCUT2D eigenvalue weighted by atomic mass is 9.58. The molecule has 1 aromatic rings. The first-order valence-corrected chi connectivity index (χ1v) is 12.2. The summed E-state index contributed by atoms with van der Waals surface area (Å²) in [5.41, 5.74) is 3.17. The van der Waals surface area contributed by atoms with E-state index in [0.717, 1.165) is 30.2 Å². The van der Waals surface area contributed by atoms with Gasteiger partial charge >= 0.3 is 13.2 Å². The highest BCUT2D eigenvalue weighted by Crippen LogP contribution is 2.51. The highest BCUT2D eigenvalue weighted by atomic mass is 16.5. The van der Waals surface area contributed by atoms with Gasteiger partial charge < -0.3 is 23.9 Å². The fourth-order valence-corrected chi connectivity index (χ4v) is 5.80. The van der Waals surface area contributed by atoms with Crippen LogP contribution < -0.4 is 0 Å². The first kappa shape index (κ1) is 25.4. The van der Waals surface area contributed by atoms with Gasteiger partial charge in [-0.1, -0.05) is 25.0 Å². The van der Waals surface area contributed by atoms with Gasteiger partial charge in [-0.25, -0.2) is 4.79 Å². The van der Waals surface area contributed by atoms with Crippen molar-refractivity contribution in [2.24, 2.45) is 17.8 Å². The maximum atomic E-state index is 13.2. The zero-order chi connectivity index (χ0) is 25.3. The normalized spacial score (nSPS) is 26.8. The lowest BCUT2D eigenvalue weighted by molar-refractivity contribution is -0.137. The Balaban J connectivity index is 1.59. The van der Waals surface area contributed by atoms with Gasteiger partial charge in [0.15, 0.2) is 0 Å². The SMILES string of the molecule is CCC1=C2[C@@H](CC/C(=C/c3ccc(CO)o3)CC)OB(O)C[C@@H]2[C@@H]2C(=O)N(C(=O)OC)C(=O)[C@@H]2C1. The van der Waals surface area contributed by atoms with E-state index in [1.54, 1.807) is 6.07 Å². The molecule has 0 bridgehead atoms. The summed E-state index contributed by atoms with van der Waals surface area (Å²) in [5.74, 6) is -1.60. The molecule has 0 radical (unpaired) electrons. The van der Waals surface area contributed by atoms with Crippen LogP contribution in [0.4, 0.5) is 4.79 Å². The molecule has 0 aromatic carbocycles. The molecule has 2 fully saturated rings. The number of amides is 3. The van der Waals surface area contributed by atoms with Gasteiger partial charge in [0.05, 0.1) is 25.0 Å². The molecule has 1 aromatic heterocycles. The Morgan fingerprint density at radius 1 is 1.26 bits per heavy atom. The van der Waals surface area contributed by atoms with E-state index in [1.807, 2.05) is 26.0 Å². The zero-order valence-electron chi connectivity index (χ0n) is 20.4. The number of carbonyl (C=O) groups excluding carboxylic acids is 3. The quantitative estimate of drug-likeness (QED) is 0.342. The van der Waals surface area contributed by atoms with Gasteiger partial charge in [0.25, 0.3) is 0 Å². The molecule has 2 aliphatic heterocycles. The first-order chi connectivity index (χ1) is 16.8. The van der Waals surface area contributed by atoms with E-state index in [2.05, 4.69) is 4.74 Å². The lowest BCUT2D eigenvalue weighted by Gasteiger charge is -2.43. The largest absolute Gasteiger partial charge is 0.459 e. The summed E-state index contributed by atoms with van der Waals surface area (Å²) in [5, 5.41) is 19.8. The van der Waals surface area contributed by atoms with Gasteiger partial charge in [-0.3, -0.25) is 9.59 Å². The fourth-order valence-electron chi connectivity index (χ4n) is 5.80. The Morgan fingerprint density at radius 2 is 2.03 bits per heavy atom. The number of aliphatic hydroxyl groups excluding tert-OH is 1. The molecule has 0 saturated carbocycles. The number of likely N-dealkylation sites (tertiary alicyclic amines) is 1. The van der Waals surface area contributed by atoms with Crippen molar-refractivity contribution in [3.05, 3.63) is 40.4 Å². The van der Waals surface area contributed by atoms with Gasteiger partial charge in [-0.05, 0) is 68.1 Å². The molecule has 10 heteroatoms. The van der Waals surface area contributed by atoms with Crippen molar-refractivity contribution < 1.29 is 38.3 Å². The molecule has 35 heavy (non-hydrogen) atoms. The number of ether oxygens (including phenoxy) is 1. The van der Waals surface area contributed by atoms with Crippen LogP contribution in [-0.4, -0.2) is 53.3 Å². The van der Waals surface area contributed by atoms with Crippen molar-refractivity contribution in [1.82, 2.24) is 4.90 Å². The van der Waals surface area contributed by atoms with Crippen LogP contribution >= 0.6 is 0 Å². The Labute approximate surface area is 204 Å². The number of nitrogens with zero attached hydrogens (tertiary/aromatic N) is 1. The summed E-state index contributed by atoms with van der Waals surface area (Å²) >= 11 is 0. The molecule has 3 heterocycles. The van der Waals surface area contributed by atoms with Crippen molar-refractivity contribution in [3.8, 4) is 0 Å². The standard InChI is InChI=1S/C25H32BNO8/c1-4-14(10-16-7-8-17(13-28)34-16)6-9-20-21-15(5-2)11-18-22(19(21)12-26(32)35-20)24(30)27(23(18)29)25(31)33-3/h7-8,10,18-20,22,28,32H,4-6,9,11-13H2,1-3H3/b14-10+/t18-,19+,20-,22-/m1/s1. The predicted octanol–water partition coefficient (Wildman–Crippen LogP) is 3.32. The Bertz CT molecular complexity index is 1060.